The number of pyridine rings is 5. The fourth-order valence-corrected chi connectivity index (χ4v) is 6.92. The van der Waals surface area contributed by atoms with Crippen molar-refractivity contribution >= 4 is 160 Å². The molecule has 1 aliphatic rings. The summed E-state index contributed by atoms with van der Waals surface area (Å²) in [6.07, 6.45) is 11.2. The Kier molecular flexibility index (Phi) is 26.3. The molecule has 0 bridgehead atoms. The first kappa shape index (κ1) is 53.9. The quantitative estimate of drug-likeness (QED) is 0.0579. The maximum Gasteiger partial charge on any atom is 0.330 e. The van der Waals surface area contributed by atoms with Crippen molar-refractivity contribution in [2.75, 3.05) is 26.4 Å². The lowest BCUT2D eigenvalue weighted by molar-refractivity contribution is -0.143. The van der Waals surface area contributed by atoms with Gasteiger partial charge in [0.2, 0.25) is 5.43 Å². The van der Waals surface area contributed by atoms with E-state index in [1.54, 1.807) is 56.8 Å². The smallest absolute Gasteiger partial charge is 0.330 e. The van der Waals surface area contributed by atoms with Crippen LogP contribution in [0, 0.1) is 14.3 Å². The lowest BCUT2D eigenvalue weighted by Crippen LogP contribution is -2.11. The molecule has 0 radical (unpaired) electrons. The Labute approximate surface area is 422 Å². The molecule has 0 aromatic carbocycles. The molecule has 6 heterocycles. The van der Waals surface area contributed by atoms with Crippen LogP contribution in [0.4, 0.5) is 0 Å². The number of nitrogens with zero attached hydrogens (tertiary/aromatic N) is 2. The molecule has 1 atom stereocenters. The summed E-state index contributed by atoms with van der Waals surface area (Å²) in [6.45, 7) is 5.06. The van der Waals surface area contributed by atoms with Gasteiger partial charge in [0.1, 0.15) is 43.9 Å². The molecular weight excluding hydrogens is 1340 g/mol. The normalized spacial score (nSPS) is 12.0. The number of aromatic nitrogens is 5. The number of hydrogen-bond donors (Lipinski definition) is 3. The molecule has 23 heteroatoms. The fraction of sp³-hybridized carbons (Fsp3) is 0.216. The van der Waals surface area contributed by atoms with E-state index in [-0.39, 0.29) is 40.7 Å². The summed E-state index contributed by atoms with van der Waals surface area (Å²) >= 11 is 35.9. The largest absolute Gasteiger partial charge is 0.492 e. The van der Waals surface area contributed by atoms with Crippen LogP contribution < -0.4 is 25.8 Å². The van der Waals surface area contributed by atoms with Gasteiger partial charge in [-0.15, -0.1) is 0 Å². The van der Waals surface area contributed by atoms with E-state index in [2.05, 4.69) is 47.5 Å². The van der Waals surface area contributed by atoms with E-state index in [1.807, 2.05) is 67.8 Å². The summed E-state index contributed by atoms with van der Waals surface area (Å²) in [5, 5.41) is 1.93. The molecule has 0 amide bonds. The SMILES string of the molecule is CCOC(=O)/C=C/COc1cc(Cl)ncc1I.CCOC(=O)CC1COc2cc(Cl)ncc21.O=c1c(I)c[nH]c(Cl)c1I.O=c1cc(Cl)[nH]cc1I.O=c1cc[nH]c(Cl)c1. The van der Waals surface area contributed by atoms with E-state index in [1.165, 1.54) is 30.5 Å². The lowest BCUT2D eigenvalue weighted by Gasteiger charge is -2.07. The summed E-state index contributed by atoms with van der Waals surface area (Å²) in [5.41, 5.74) is 0.801. The number of aromatic amines is 3. The highest BCUT2D eigenvalue weighted by molar-refractivity contribution is 14.1. The van der Waals surface area contributed by atoms with E-state index in [0.717, 1.165) is 9.13 Å². The van der Waals surface area contributed by atoms with Crippen molar-refractivity contribution in [1.29, 1.82) is 0 Å². The van der Waals surface area contributed by atoms with Crippen LogP contribution >= 0.6 is 148 Å². The minimum atomic E-state index is -0.376. The molecule has 3 N–H and O–H groups in total. The van der Waals surface area contributed by atoms with Crippen LogP contribution in [0.1, 0.15) is 31.7 Å². The van der Waals surface area contributed by atoms with Crippen molar-refractivity contribution in [1.82, 2.24) is 24.9 Å². The van der Waals surface area contributed by atoms with Crippen LogP contribution in [-0.2, 0) is 19.1 Å². The highest BCUT2D eigenvalue weighted by Gasteiger charge is 2.27. The maximum absolute atomic E-state index is 11.4. The Morgan fingerprint density at radius 3 is 2.08 bits per heavy atom. The third kappa shape index (κ3) is 20.8. The number of rotatable bonds is 8. The van der Waals surface area contributed by atoms with Crippen molar-refractivity contribution < 1.29 is 28.5 Å². The molecule has 0 fully saturated rings. The molecule has 1 aliphatic heterocycles. The number of carbonyl (C=O) groups is 2. The van der Waals surface area contributed by atoms with Crippen LogP contribution in [0.2, 0.25) is 25.8 Å². The number of esters is 2. The van der Waals surface area contributed by atoms with E-state index in [0.29, 0.717) is 74.2 Å². The molecule has 1 unspecified atom stereocenters. The number of halogens is 9. The standard InChI is InChI=1S/C11H11ClINO3.C11H12ClNO3.C5H2ClI2NO.C5H3ClINO.C5H4ClNO/c1-2-16-11(15)4-3-5-17-9-6-10(12)14-7-8(9)13;1-2-15-11(14)3-7-6-16-9-4-10(12)13-5-8(7)9;6-5-3(8)4(10)2(7)1-9-5;6-5-1-4(9)3(7)2-8-5;6-5-3-4(8)1-2-7-5/h3-4,6-7H,2,5H2,1H3;4-5,7H,2-3,6H2,1H3;1H,(H,9,10);1-2H,(H,8,9);1-3H,(H,7,8)/b4-3+;;;;. The summed E-state index contributed by atoms with van der Waals surface area (Å²) in [6, 6.07) is 7.38. The van der Waals surface area contributed by atoms with Crippen molar-refractivity contribution in [3.8, 4) is 11.5 Å². The predicted molar refractivity (Wildman–Crippen MR) is 266 cm³/mol. The Morgan fingerprint density at radius 2 is 1.48 bits per heavy atom. The van der Waals surface area contributed by atoms with Gasteiger partial charge in [0.05, 0.1) is 40.5 Å². The van der Waals surface area contributed by atoms with Crippen LogP contribution in [0.5, 0.6) is 11.5 Å². The Bertz CT molecular complexity index is 2400. The summed E-state index contributed by atoms with van der Waals surface area (Å²) in [5.74, 6) is 0.796. The van der Waals surface area contributed by atoms with Crippen molar-refractivity contribution in [2.24, 2.45) is 0 Å². The highest BCUT2D eigenvalue weighted by atomic mass is 127. The second-order valence-corrected chi connectivity index (χ2v) is 17.5. The van der Waals surface area contributed by atoms with Gasteiger partial charge in [0, 0.05) is 78.9 Å². The van der Waals surface area contributed by atoms with Crippen molar-refractivity contribution in [2.45, 2.75) is 26.2 Å². The zero-order valence-electron chi connectivity index (χ0n) is 31.0. The van der Waals surface area contributed by atoms with E-state index in [4.69, 9.17) is 77.0 Å². The van der Waals surface area contributed by atoms with Gasteiger partial charge >= 0.3 is 11.9 Å². The highest BCUT2D eigenvalue weighted by Crippen LogP contribution is 2.36. The minimum Gasteiger partial charge on any atom is -0.492 e. The van der Waals surface area contributed by atoms with Gasteiger partial charge in [0.25, 0.3) is 0 Å². The third-order valence-corrected chi connectivity index (χ3v) is 11.6. The molecular formula is C37H32Cl5I4N5O9. The Morgan fingerprint density at radius 1 is 0.833 bits per heavy atom. The molecule has 0 saturated heterocycles. The van der Waals surface area contributed by atoms with Gasteiger partial charge in [-0.25, -0.2) is 14.8 Å². The minimum absolute atomic E-state index is 0.00931. The first-order valence-electron chi connectivity index (χ1n) is 16.8. The second-order valence-electron chi connectivity index (χ2n) is 10.9. The topological polar surface area (TPSA) is 195 Å². The van der Waals surface area contributed by atoms with Crippen molar-refractivity contribution in [3.05, 3.63) is 150 Å². The lowest BCUT2D eigenvalue weighted by atomic mass is 10.00. The van der Waals surface area contributed by atoms with Crippen molar-refractivity contribution in [3.63, 3.8) is 0 Å². The van der Waals surface area contributed by atoms with Gasteiger partial charge < -0.3 is 33.9 Å². The summed E-state index contributed by atoms with van der Waals surface area (Å²) < 4.78 is 23.2. The zero-order valence-corrected chi connectivity index (χ0v) is 43.4. The number of carbonyl (C=O) groups excluding carboxylic acids is 2. The number of H-pyrrole nitrogens is 3. The predicted octanol–water partition coefficient (Wildman–Crippen LogP) is 9.90. The Hall–Kier alpha value is -2.20. The Balaban J connectivity index is 0.000000267. The van der Waals surface area contributed by atoms with Gasteiger partial charge in [-0.05, 0) is 110 Å². The van der Waals surface area contributed by atoms with Crippen LogP contribution in [0.25, 0.3) is 0 Å². The molecule has 5 aromatic rings. The van der Waals surface area contributed by atoms with Gasteiger partial charge in [-0.1, -0.05) is 58.0 Å². The van der Waals surface area contributed by atoms with Gasteiger partial charge in [0.15, 0.2) is 10.9 Å². The van der Waals surface area contributed by atoms with Crippen LogP contribution in [0.15, 0.2) is 87.9 Å². The van der Waals surface area contributed by atoms with Gasteiger partial charge in [-0.2, -0.15) is 0 Å². The fourth-order valence-electron chi connectivity index (χ4n) is 4.01. The number of fused-ring (bicyclic) bond motifs is 1. The van der Waals surface area contributed by atoms with Crippen LogP contribution in [-0.4, -0.2) is 63.3 Å². The monoisotopic (exact) mass is 1370 g/mol. The molecule has 0 spiro atoms. The first-order valence-corrected chi connectivity index (χ1v) is 23.0. The molecule has 0 saturated carbocycles. The molecule has 5 aromatic heterocycles. The molecule has 14 nitrogen and oxygen atoms in total. The number of nitrogens with one attached hydrogen (secondary N) is 3. The molecule has 322 valence electrons. The summed E-state index contributed by atoms with van der Waals surface area (Å²) in [4.78, 5) is 70.5. The van der Waals surface area contributed by atoms with E-state index >= 15 is 0 Å². The number of hydrogen-bond acceptors (Lipinski definition) is 11. The van der Waals surface area contributed by atoms with E-state index < -0.39 is 0 Å². The summed E-state index contributed by atoms with van der Waals surface area (Å²) in [7, 11) is 0. The average Bonchev–Trinajstić information content (AvgIpc) is 3.59. The first-order chi connectivity index (χ1) is 28.4. The molecule has 0 aliphatic carbocycles. The second kappa shape index (κ2) is 29.2. The van der Waals surface area contributed by atoms with Gasteiger partial charge in [-0.3, -0.25) is 19.2 Å². The third-order valence-electron chi connectivity index (χ3n) is 6.62. The average molecular weight is 1380 g/mol. The number of ether oxygens (including phenoxy) is 4. The van der Waals surface area contributed by atoms with Crippen LogP contribution in [0.3, 0.4) is 0 Å². The molecule has 6 rings (SSSR count). The van der Waals surface area contributed by atoms with E-state index in [9.17, 15) is 24.0 Å². The molecule has 60 heavy (non-hydrogen) atoms. The maximum atomic E-state index is 11.4. The zero-order chi connectivity index (χ0) is 44.8.